The van der Waals surface area contributed by atoms with Crippen molar-refractivity contribution in [2.24, 2.45) is 5.92 Å². The minimum atomic E-state index is -0.0570. The van der Waals surface area contributed by atoms with E-state index in [-0.39, 0.29) is 18.0 Å². The smallest absolute Gasteiger partial charge is 0.311 e. The summed E-state index contributed by atoms with van der Waals surface area (Å²) in [6.07, 6.45) is 0.869. The van der Waals surface area contributed by atoms with Crippen LogP contribution in [0, 0.1) is 5.92 Å². The first kappa shape index (κ1) is 12.0. The molecule has 92 valence electrons. The van der Waals surface area contributed by atoms with Gasteiger partial charge < -0.3 is 9.64 Å². The van der Waals surface area contributed by atoms with Crippen molar-refractivity contribution in [2.45, 2.75) is 26.4 Å². The molecule has 1 aromatic rings. The zero-order valence-electron chi connectivity index (χ0n) is 10.4. The lowest BCUT2D eigenvalue weighted by molar-refractivity contribution is -0.151. The van der Waals surface area contributed by atoms with E-state index >= 15 is 0 Å². The van der Waals surface area contributed by atoms with E-state index in [4.69, 9.17) is 4.74 Å². The molecule has 0 N–H and O–H groups in total. The molecule has 17 heavy (non-hydrogen) atoms. The van der Waals surface area contributed by atoms with Gasteiger partial charge in [-0.15, -0.1) is 0 Å². The standard InChI is InChI=1S/C14H19NO2/c1-11(2)17-14(16)12-8-9-15(10-12)13-6-4-3-5-7-13/h3-7,11-12H,8-10H2,1-2H3. The number of esters is 1. The number of carbonyl (C=O) groups is 1. The number of ether oxygens (including phenoxy) is 1. The van der Waals surface area contributed by atoms with Crippen LogP contribution in [-0.4, -0.2) is 25.2 Å². The van der Waals surface area contributed by atoms with Gasteiger partial charge in [-0.3, -0.25) is 4.79 Å². The van der Waals surface area contributed by atoms with Crippen LogP contribution in [0.15, 0.2) is 30.3 Å². The lowest BCUT2D eigenvalue weighted by Crippen LogP contribution is -2.25. The predicted octanol–water partition coefficient (Wildman–Crippen LogP) is 2.46. The van der Waals surface area contributed by atoms with Crippen LogP contribution in [0.1, 0.15) is 20.3 Å². The molecule has 1 unspecified atom stereocenters. The average molecular weight is 233 g/mol. The molecule has 0 radical (unpaired) electrons. The van der Waals surface area contributed by atoms with Gasteiger partial charge in [0.2, 0.25) is 0 Å². The Morgan fingerprint density at radius 2 is 2.06 bits per heavy atom. The Morgan fingerprint density at radius 1 is 1.35 bits per heavy atom. The largest absolute Gasteiger partial charge is 0.463 e. The van der Waals surface area contributed by atoms with Gasteiger partial charge in [0.05, 0.1) is 12.0 Å². The van der Waals surface area contributed by atoms with Gasteiger partial charge in [-0.05, 0) is 32.4 Å². The van der Waals surface area contributed by atoms with Crippen molar-refractivity contribution in [1.82, 2.24) is 0 Å². The lowest BCUT2D eigenvalue weighted by Gasteiger charge is -2.18. The van der Waals surface area contributed by atoms with Gasteiger partial charge >= 0.3 is 5.97 Å². The molecule has 0 aromatic heterocycles. The number of hydrogen-bond acceptors (Lipinski definition) is 3. The molecule has 1 fully saturated rings. The SMILES string of the molecule is CC(C)OC(=O)C1CCN(c2ccccc2)C1. The molecule has 1 aromatic carbocycles. The van der Waals surface area contributed by atoms with E-state index in [0.717, 1.165) is 19.5 Å². The maximum atomic E-state index is 11.8. The third kappa shape index (κ3) is 2.99. The summed E-state index contributed by atoms with van der Waals surface area (Å²) in [6.45, 7) is 5.49. The van der Waals surface area contributed by atoms with Crippen molar-refractivity contribution in [1.29, 1.82) is 0 Å². The Balaban J connectivity index is 1.94. The summed E-state index contributed by atoms with van der Waals surface area (Å²) in [4.78, 5) is 14.0. The first-order valence-electron chi connectivity index (χ1n) is 6.17. The predicted molar refractivity (Wildman–Crippen MR) is 68.0 cm³/mol. The van der Waals surface area contributed by atoms with E-state index in [1.807, 2.05) is 32.0 Å². The molecule has 3 heteroatoms. The van der Waals surface area contributed by atoms with Crippen LogP contribution in [0.4, 0.5) is 5.69 Å². The van der Waals surface area contributed by atoms with Gasteiger partial charge in [-0.1, -0.05) is 18.2 Å². The Labute approximate surface area is 102 Å². The van der Waals surface area contributed by atoms with Crippen molar-refractivity contribution >= 4 is 11.7 Å². The third-order valence-corrected chi connectivity index (χ3v) is 2.99. The van der Waals surface area contributed by atoms with Crippen molar-refractivity contribution in [3.05, 3.63) is 30.3 Å². The fourth-order valence-electron chi connectivity index (χ4n) is 2.15. The highest BCUT2D eigenvalue weighted by molar-refractivity contribution is 5.74. The Kier molecular flexibility index (Phi) is 3.67. The second-order valence-electron chi connectivity index (χ2n) is 4.75. The zero-order valence-corrected chi connectivity index (χ0v) is 10.4. The van der Waals surface area contributed by atoms with Gasteiger partial charge in [0, 0.05) is 18.8 Å². The quantitative estimate of drug-likeness (QED) is 0.751. The van der Waals surface area contributed by atoms with E-state index in [9.17, 15) is 4.79 Å². The Bertz CT molecular complexity index is 375. The molecule has 1 saturated heterocycles. The number of hydrogen-bond donors (Lipinski definition) is 0. The maximum absolute atomic E-state index is 11.8. The minimum absolute atomic E-state index is 0.0201. The molecule has 1 aliphatic heterocycles. The first-order chi connectivity index (χ1) is 8.16. The fraction of sp³-hybridized carbons (Fsp3) is 0.500. The van der Waals surface area contributed by atoms with Crippen molar-refractivity contribution in [3.8, 4) is 0 Å². The number of anilines is 1. The molecule has 0 bridgehead atoms. The molecule has 3 nitrogen and oxygen atoms in total. The van der Waals surface area contributed by atoms with Crippen LogP contribution in [-0.2, 0) is 9.53 Å². The van der Waals surface area contributed by atoms with Crippen LogP contribution in [0.2, 0.25) is 0 Å². The number of rotatable bonds is 3. The summed E-state index contributed by atoms with van der Waals surface area (Å²) in [5.41, 5.74) is 1.19. The number of nitrogens with zero attached hydrogens (tertiary/aromatic N) is 1. The molecular weight excluding hydrogens is 214 g/mol. The van der Waals surface area contributed by atoms with E-state index in [2.05, 4.69) is 17.0 Å². The van der Waals surface area contributed by atoms with Crippen molar-refractivity contribution < 1.29 is 9.53 Å². The number of carbonyl (C=O) groups excluding carboxylic acids is 1. The van der Waals surface area contributed by atoms with Gasteiger partial charge in [-0.2, -0.15) is 0 Å². The molecule has 0 aliphatic carbocycles. The highest BCUT2D eigenvalue weighted by atomic mass is 16.5. The second kappa shape index (κ2) is 5.21. The fourth-order valence-corrected chi connectivity index (χ4v) is 2.15. The monoisotopic (exact) mass is 233 g/mol. The molecule has 1 atom stereocenters. The van der Waals surface area contributed by atoms with E-state index < -0.39 is 0 Å². The number of benzene rings is 1. The highest BCUT2D eigenvalue weighted by Gasteiger charge is 2.29. The Hall–Kier alpha value is -1.51. The van der Waals surface area contributed by atoms with E-state index in [1.54, 1.807) is 0 Å². The van der Waals surface area contributed by atoms with E-state index in [0.29, 0.717) is 0 Å². The molecule has 0 saturated carbocycles. The van der Waals surface area contributed by atoms with Crippen LogP contribution in [0.5, 0.6) is 0 Å². The first-order valence-corrected chi connectivity index (χ1v) is 6.17. The van der Waals surface area contributed by atoms with Crippen LogP contribution in [0.25, 0.3) is 0 Å². The number of para-hydroxylation sites is 1. The van der Waals surface area contributed by atoms with Crippen LogP contribution in [0.3, 0.4) is 0 Å². The third-order valence-electron chi connectivity index (χ3n) is 2.99. The summed E-state index contributed by atoms with van der Waals surface area (Å²) in [7, 11) is 0. The molecule has 0 spiro atoms. The maximum Gasteiger partial charge on any atom is 0.311 e. The van der Waals surface area contributed by atoms with Crippen LogP contribution >= 0.6 is 0 Å². The van der Waals surface area contributed by atoms with Gasteiger partial charge in [0.25, 0.3) is 0 Å². The lowest BCUT2D eigenvalue weighted by atomic mass is 10.1. The van der Waals surface area contributed by atoms with Gasteiger partial charge in [-0.25, -0.2) is 0 Å². The molecule has 0 amide bonds. The summed E-state index contributed by atoms with van der Waals surface area (Å²) in [6, 6.07) is 10.2. The summed E-state index contributed by atoms with van der Waals surface area (Å²) in [5.74, 6) is -0.0314. The van der Waals surface area contributed by atoms with Gasteiger partial charge in [0.1, 0.15) is 0 Å². The summed E-state index contributed by atoms with van der Waals surface area (Å²) >= 11 is 0. The zero-order chi connectivity index (χ0) is 12.3. The highest BCUT2D eigenvalue weighted by Crippen LogP contribution is 2.24. The molecular formula is C14H19NO2. The molecule has 1 aliphatic rings. The van der Waals surface area contributed by atoms with Gasteiger partial charge in [0.15, 0.2) is 0 Å². The van der Waals surface area contributed by atoms with Crippen LogP contribution < -0.4 is 4.90 Å². The summed E-state index contributed by atoms with van der Waals surface area (Å²) in [5, 5.41) is 0. The Morgan fingerprint density at radius 3 is 2.71 bits per heavy atom. The normalized spacial score (nSPS) is 19.7. The van der Waals surface area contributed by atoms with Crippen molar-refractivity contribution in [2.75, 3.05) is 18.0 Å². The minimum Gasteiger partial charge on any atom is -0.463 e. The summed E-state index contributed by atoms with van der Waals surface area (Å²) < 4.78 is 5.25. The van der Waals surface area contributed by atoms with Crippen molar-refractivity contribution in [3.63, 3.8) is 0 Å². The average Bonchev–Trinajstić information content (AvgIpc) is 2.78. The second-order valence-corrected chi connectivity index (χ2v) is 4.75. The molecule has 1 heterocycles. The molecule has 2 rings (SSSR count). The van der Waals surface area contributed by atoms with E-state index in [1.165, 1.54) is 5.69 Å². The topological polar surface area (TPSA) is 29.5 Å².